The molecule has 1 aliphatic rings. The van der Waals surface area contributed by atoms with Crippen molar-refractivity contribution in [3.63, 3.8) is 0 Å². The van der Waals surface area contributed by atoms with E-state index in [0.717, 1.165) is 0 Å². The van der Waals surface area contributed by atoms with Crippen LogP contribution in [-0.4, -0.2) is 64.5 Å². The number of rotatable bonds is 9. The third-order valence-electron chi connectivity index (χ3n) is 6.17. The number of aromatic nitrogens is 5. The summed E-state index contributed by atoms with van der Waals surface area (Å²) < 4.78 is 43.6. The molecule has 14 heteroatoms. The van der Waals surface area contributed by atoms with E-state index in [4.69, 9.17) is 31.0 Å². The molecular formula is C24H25ClN6O6S. The largest absolute Gasteiger partial charge is 0.494 e. The average molecular weight is 561 g/mol. The van der Waals surface area contributed by atoms with Gasteiger partial charge in [-0.25, -0.2) is 33.5 Å². The molecule has 0 radical (unpaired) electrons. The fourth-order valence-electron chi connectivity index (χ4n) is 4.36. The van der Waals surface area contributed by atoms with Crippen LogP contribution in [0.1, 0.15) is 30.7 Å². The molecule has 3 heterocycles. The van der Waals surface area contributed by atoms with Gasteiger partial charge >= 0.3 is 0 Å². The van der Waals surface area contributed by atoms with Gasteiger partial charge in [0.25, 0.3) is 0 Å². The molecule has 0 bridgehead atoms. The van der Waals surface area contributed by atoms with Crippen LogP contribution in [0.15, 0.2) is 36.4 Å². The number of sulfonamides is 1. The summed E-state index contributed by atoms with van der Waals surface area (Å²) in [6.45, 7) is 2.25. The van der Waals surface area contributed by atoms with Crippen molar-refractivity contribution in [2.75, 3.05) is 20.8 Å². The van der Waals surface area contributed by atoms with E-state index >= 15 is 0 Å². The standard InChI is InChI=1S/C24H25ClN6O6S/c1-4-37-16-10-5-7-13(27-16)22-30-21-23(31(22)18-14(35-2)8-6-9-15(18)36-3)28-17(20(25)29-21)19(38(26,33)34)24(32)11-12-24/h5-10,19,32H,4,11-12H2,1-3H3,(H2,26,33,34). The number of aliphatic hydroxyl groups is 1. The maximum Gasteiger partial charge on any atom is 0.220 e. The van der Waals surface area contributed by atoms with Gasteiger partial charge in [-0.15, -0.1) is 0 Å². The lowest BCUT2D eigenvalue weighted by atomic mass is 10.1. The summed E-state index contributed by atoms with van der Waals surface area (Å²) in [5.41, 5.74) is -0.726. The Bertz CT molecular complexity index is 1620. The smallest absolute Gasteiger partial charge is 0.220 e. The normalized spacial score (nSPS) is 15.3. The van der Waals surface area contributed by atoms with Crippen molar-refractivity contribution in [1.29, 1.82) is 0 Å². The first kappa shape index (κ1) is 26.1. The molecule has 0 amide bonds. The second-order valence-electron chi connectivity index (χ2n) is 8.70. The highest BCUT2D eigenvalue weighted by Crippen LogP contribution is 2.50. The van der Waals surface area contributed by atoms with E-state index < -0.39 is 20.9 Å². The van der Waals surface area contributed by atoms with Crippen LogP contribution < -0.4 is 19.3 Å². The van der Waals surface area contributed by atoms with Gasteiger partial charge in [-0.1, -0.05) is 23.7 Å². The van der Waals surface area contributed by atoms with Crippen molar-refractivity contribution < 1.29 is 27.7 Å². The molecule has 3 aromatic heterocycles. The van der Waals surface area contributed by atoms with Gasteiger partial charge in [0.05, 0.1) is 26.4 Å². The monoisotopic (exact) mass is 560 g/mol. The van der Waals surface area contributed by atoms with Crippen molar-refractivity contribution in [1.82, 2.24) is 24.5 Å². The van der Waals surface area contributed by atoms with Crippen LogP contribution in [0.2, 0.25) is 5.15 Å². The van der Waals surface area contributed by atoms with Crippen LogP contribution in [0.25, 0.3) is 28.5 Å². The number of nitrogens with two attached hydrogens (primary N) is 1. The lowest BCUT2D eigenvalue weighted by Crippen LogP contribution is -2.34. The number of nitrogens with zero attached hydrogens (tertiary/aromatic N) is 5. The molecule has 1 saturated carbocycles. The molecule has 0 saturated heterocycles. The SMILES string of the molecule is CCOc1cccc(-c2nc3nc(Cl)c(C(C4(O)CC4)S(N)(=O)=O)nc3n2-c2c(OC)cccc2OC)n1. The van der Waals surface area contributed by atoms with E-state index in [1.165, 1.54) is 14.2 Å². The Morgan fingerprint density at radius 1 is 1.08 bits per heavy atom. The van der Waals surface area contributed by atoms with E-state index in [9.17, 15) is 13.5 Å². The van der Waals surface area contributed by atoms with Crippen molar-refractivity contribution in [3.05, 3.63) is 47.2 Å². The van der Waals surface area contributed by atoms with Gasteiger partial charge in [-0.3, -0.25) is 4.57 Å². The highest BCUT2D eigenvalue weighted by Gasteiger charge is 2.55. The molecule has 1 fully saturated rings. The van der Waals surface area contributed by atoms with Crippen molar-refractivity contribution >= 4 is 32.9 Å². The number of methoxy groups -OCH3 is 2. The first-order valence-electron chi connectivity index (χ1n) is 11.6. The van der Waals surface area contributed by atoms with E-state index in [2.05, 4.69) is 19.9 Å². The predicted octanol–water partition coefficient (Wildman–Crippen LogP) is 2.80. The molecule has 1 aromatic carbocycles. The summed E-state index contributed by atoms with van der Waals surface area (Å²) in [5, 5.41) is 14.5. The molecular weight excluding hydrogens is 536 g/mol. The number of hydrogen-bond donors (Lipinski definition) is 2. The Labute approximate surface area is 223 Å². The van der Waals surface area contributed by atoms with Crippen LogP contribution in [0.3, 0.4) is 0 Å². The summed E-state index contributed by atoms with van der Waals surface area (Å²) >= 11 is 6.44. The summed E-state index contributed by atoms with van der Waals surface area (Å²) in [7, 11) is -1.31. The van der Waals surface area contributed by atoms with Crippen molar-refractivity contribution in [3.8, 4) is 34.6 Å². The summed E-state index contributed by atoms with van der Waals surface area (Å²) in [5.74, 6) is 1.48. The zero-order valence-corrected chi connectivity index (χ0v) is 22.3. The third kappa shape index (κ3) is 4.51. The fourth-order valence-corrected chi connectivity index (χ4v) is 5.98. The minimum absolute atomic E-state index is 0.0984. The minimum atomic E-state index is -4.31. The number of ether oxygens (including phenoxy) is 3. The van der Waals surface area contributed by atoms with E-state index in [0.29, 0.717) is 35.4 Å². The maximum absolute atomic E-state index is 12.6. The molecule has 0 spiro atoms. The Balaban J connectivity index is 1.87. The lowest BCUT2D eigenvalue weighted by molar-refractivity contribution is 0.142. The second-order valence-corrected chi connectivity index (χ2v) is 10.7. The molecule has 200 valence electrons. The second kappa shape index (κ2) is 9.66. The fraction of sp³-hybridized carbons (Fsp3) is 0.333. The maximum atomic E-state index is 12.6. The van der Waals surface area contributed by atoms with E-state index in [-0.39, 0.29) is 40.8 Å². The first-order chi connectivity index (χ1) is 18.1. The summed E-state index contributed by atoms with van der Waals surface area (Å²) in [6, 6.07) is 10.4. The van der Waals surface area contributed by atoms with Crippen molar-refractivity contribution in [2.24, 2.45) is 5.14 Å². The zero-order chi connectivity index (χ0) is 27.2. The number of para-hydroxylation sites is 1. The molecule has 5 rings (SSSR count). The van der Waals surface area contributed by atoms with Gasteiger partial charge in [0.15, 0.2) is 22.3 Å². The van der Waals surface area contributed by atoms with Gasteiger partial charge < -0.3 is 19.3 Å². The molecule has 12 nitrogen and oxygen atoms in total. The molecule has 4 aromatic rings. The first-order valence-corrected chi connectivity index (χ1v) is 13.6. The minimum Gasteiger partial charge on any atom is -0.494 e. The van der Waals surface area contributed by atoms with Gasteiger partial charge in [0.1, 0.15) is 33.8 Å². The summed E-state index contributed by atoms with van der Waals surface area (Å²) in [6.07, 6.45) is 0.451. The van der Waals surface area contributed by atoms with Crippen LogP contribution in [0.5, 0.6) is 17.4 Å². The molecule has 38 heavy (non-hydrogen) atoms. The number of imidazole rings is 1. The number of fused-ring (bicyclic) bond motifs is 1. The van der Waals surface area contributed by atoms with Gasteiger partial charge in [-0.05, 0) is 38.0 Å². The van der Waals surface area contributed by atoms with Crippen LogP contribution in [0.4, 0.5) is 0 Å². The Morgan fingerprint density at radius 3 is 2.32 bits per heavy atom. The number of primary sulfonamides is 1. The highest BCUT2D eigenvalue weighted by atomic mass is 35.5. The number of hydrogen-bond acceptors (Lipinski definition) is 10. The Morgan fingerprint density at radius 2 is 1.74 bits per heavy atom. The Kier molecular flexibility index (Phi) is 6.63. The van der Waals surface area contributed by atoms with Gasteiger partial charge in [-0.2, -0.15) is 0 Å². The molecule has 1 aliphatic carbocycles. The van der Waals surface area contributed by atoms with Crippen LogP contribution in [0, 0.1) is 0 Å². The highest BCUT2D eigenvalue weighted by molar-refractivity contribution is 7.89. The zero-order valence-electron chi connectivity index (χ0n) is 20.8. The topological polar surface area (TPSA) is 165 Å². The molecule has 1 unspecified atom stereocenters. The van der Waals surface area contributed by atoms with Crippen LogP contribution >= 0.6 is 11.6 Å². The third-order valence-corrected chi connectivity index (χ3v) is 7.77. The van der Waals surface area contributed by atoms with E-state index in [1.807, 2.05) is 6.92 Å². The van der Waals surface area contributed by atoms with Crippen molar-refractivity contribution in [2.45, 2.75) is 30.6 Å². The lowest BCUT2D eigenvalue weighted by Gasteiger charge is -2.21. The average Bonchev–Trinajstić information content (AvgIpc) is 3.51. The molecule has 3 N–H and O–H groups in total. The Hall–Kier alpha value is -3.52. The number of halogens is 1. The predicted molar refractivity (Wildman–Crippen MR) is 139 cm³/mol. The van der Waals surface area contributed by atoms with Gasteiger partial charge in [0, 0.05) is 6.07 Å². The quantitative estimate of drug-likeness (QED) is 0.311. The number of benzene rings is 1. The van der Waals surface area contributed by atoms with E-state index in [1.54, 1.807) is 41.0 Å². The molecule has 1 atom stereocenters. The number of pyridine rings is 1. The van der Waals surface area contributed by atoms with Gasteiger partial charge in [0.2, 0.25) is 15.9 Å². The summed E-state index contributed by atoms with van der Waals surface area (Å²) in [4.78, 5) is 18.2. The molecule has 0 aliphatic heterocycles. The van der Waals surface area contributed by atoms with Crippen LogP contribution in [-0.2, 0) is 10.0 Å².